The number of benzene rings is 1. The Morgan fingerprint density at radius 3 is 2.64 bits per heavy atom. The zero-order chi connectivity index (χ0) is 20.3. The standard InChI is InChI=1S/C18H21N3O6S/c1-12-5-7-14(8-6-12)28(24,25)21-9-3-4-15(21)18(23)26-11-17(22)19-16-10-13(2)27-20-16/h5-8,10,15H,3-4,9,11H2,1-2H3,(H,19,20,22)/t15-/m1/s1. The number of esters is 1. The van der Waals surface area contributed by atoms with Gasteiger partial charge in [0.2, 0.25) is 10.0 Å². The van der Waals surface area contributed by atoms with E-state index in [0.717, 1.165) is 9.87 Å². The first-order chi connectivity index (χ1) is 13.3. The van der Waals surface area contributed by atoms with Crippen molar-refractivity contribution in [2.45, 2.75) is 37.6 Å². The lowest BCUT2D eigenvalue weighted by Crippen LogP contribution is -2.42. The average Bonchev–Trinajstić information content (AvgIpc) is 3.29. The third-order valence-corrected chi connectivity index (χ3v) is 6.27. The maximum Gasteiger partial charge on any atom is 0.324 e. The van der Waals surface area contributed by atoms with E-state index < -0.39 is 34.5 Å². The molecule has 1 amide bonds. The molecule has 9 nitrogen and oxygen atoms in total. The Morgan fingerprint density at radius 2 is 2.00 bits per heavy atom. The molecule has 1 saturated heterocycles. The predicted molar refractivity (Wildman–Crippen MR) is 98.9 cm³/mol. The number of carbonyl (C=O) groups excluding carboxylic acids is 2. The molecule has 1 aromatic carbocycles. The molecule has 10 heteroatoms. The van der Waals surface area contributed by atoms with Gasteiger partial charge in [0.25, 0.3) is 5.91 Å². The van der Waals surface area contributed by atoms with Crippen molar-refractivity contribution in [2.75, 3.05) is 18.5 Å². The zero-order valence-electron chi connectivity index (χ0n) is 15.5. The SMILES string of the molecule is Cc1ccc(S(=O)(=O)N2CCC[C@@H]2C(=O)OCC(=O)Nc2cc(C)on2)cc1. The molecule has 0 bridgehead atoms. The molecular formula is C18H21N3O6S. The van der Waals surface area contributed by atoms with Crippen molar-refractivity contribution in [1.82, 2.24) is 9.46 Å². The normalized spacial score (nSPS) is 17.4. The summed E-state index contributed by atoms with van der Waals surface area (Å²) in [5.41, 5.74) is 0.935. The Labute approximate surface area is 162 Å². The Morgan fingerprint density at radius 1 is 1.29 bits per heavy atom. The van der Waals surface area contributed by atoms with Gasteiger partial charge in [0, 0.05) is 12.6 Å². The second kappa shape index (κ2) is 8.11. The van der Waals surface area contributed by atoms with Gasteiger partial charge in [-0.15, -0.1) is 0 Å². The van der Waals surface area contributed by atoms with Gasteiger partial charge in [-0.1, -0.05) is 22.9 Å². The van der Waals surface area contributed by atoms with Crippen molar-refractivity contribution >= 4 is 27.7 Å². The van der Waals surface area contributed by atoms with E-state index in [9.17, 15) is 18.0 Å². The van der Waals surface area contributed by atoms with Crippen LogP contribution < -0.4 is 5.32 Å². The number of nitrogens with zero attached hydrogens (tertiary/aromatic N) is 2. The van der Waals surface area contributed by atoms with E-state index in [4.69, 9.17) is 9.26 Å². The number of aryl methyl sites for hydroxylation is 2. The maximum atomic E-state index is 12.9. The van der Waals surface area contributed by atoms with Gasteiger partial charge in [-0.25, -0.2) is 8.42 Å². The summed E-state index contributed by atoms with van der Waals surface area (Å²) in [6.07, 6.45) is 0.878. The van der Waals surface area contributed by atoms with Crippen molar-refractivity contribution in [3.63, 3.8) is 0 Å². The molecule has 0 saturated carbocycles. The average molecular weight is 407 g/mol. The largest absolute Gasteiger partial charge is 0.454 e. The van der Waals surface area contributed by atoms with Gasteiger partial charge in [-0.2, -0.15) is 4.31 Å². The second-order valence-electron chi connectivity index (χ2n) is 6.57. The molecule has 0 radical (unpaired) electrons. The lowest BCUT2D eigenvalue weighted by atomic mass is 10.2. The van der Waals surface area contributed by atoms with Crippen LogP contribution in [0.4, 0.5) is 5.82 Å². The number of carbonyl (C=O) groups is 2. The first kappa shape index (κ1) is 20.0. The Kier molecular flexibility index (Phi) is 5.80. The number of ether oxygens (including phenoxy) is 1. The fraction of sp³-hybridized carbons (Fsp3) is 0.389. The summed E-state index contributed by atoms with van der Waals surface area (Å²) < 4.78 is 36.7. The minimum Gasteiger partial charge on any atom is -0.454 e. The zero-order valence-corrected chi connectivity index (χ0v) is 16.4. The Balaban J connectivity index is 1.62. The van der Waals surface area contributed by atoms with Gasteiger partial charge >= 0.3 is 5.97 Å². The number of nitrogens with one attached hydrogen (secondary N) is 1. The highest BCUT2D eigenvalue weighted by Crippen LogP contribution is 2.27. The third kappa shape index (κ3) is 4.39. The van der Waals surface area contributed by atoms with E-state index >= 15 is 0 Å². The molecular weight excluding hydrogens is 386 g/mol. The minimum absolute atomic E-state index is 0.122. The number of aromatic nitrogens is 1. The highest BCUT2D eigenvalue weighted by atomic mass is 32.2. The molecule has 3 rings (SSSR count). The molecule has 1 aliphatic rings. The van der Waals surface area contributed by atoms with Gasteiger partial charge in [0.15, 0.2) is 12.4 Å². The summed E-state index contributed by atoms with van der Waals surface area (Å²) >= 11 is 0. The molecule has 2 aromatic rings. The van der Waals surface area contributed by atoms with Crippen molar-refractivity contribution in [1.29, 1.82) is 0 Å². The van der Waals surface area contributed by atoms with Gasteiger partial charge < -0.3 is 14.6 Å². The van der Waals surface area contributed by atoms with Crippen LogP contribution in [0, 0.1) is 13.8 Å². The fourth-order valence-electron chi connectivity index (χ4n) is 2.95. The van der Waals surface area contributed by atoms with Crippen LogP contribution in [0.2, 0.25) is 0 Å². The summed E-state index contributed by atoms with van der Waals surface area (Å²) in [5.74, 6) is -0.606. The summed E-state index contributed by atoms with van der Waals surface area (Å²) in [7, 11) is -3.82. The first-order valence-electron chi connectivity index (χ1n) is 8.76. The first-order valence-corrected chi connectivity index (χ1v) is 10.2. The van der Waals surface area contributed by atoms with Crippen LogP contribution in [0.3, 0.4) is 0 Å². The fourth-order valence-corrected chi connectivity index (χ4v) is 4.59. The van der Waals surface area contributed by atoms with Crippen molar-refractivity contribution in [3.8, 4) is 0 Å². The van der Waals surface area contributed by atoms with E-state index in [1.165, 1.54) is 18.2 Å². The monoisotopic (exact) mass is 407 g/mol. The van der Waals surface area contributed by atoms with Crippen LogP contribution in [0.25, 0.3) is 0 Å². The lowest BCUT2D eigenvalue weighted by Gasteiger charge is -2.22. The van der Waals surface area contributed by atoms with Crippen LogP contribution in [-0.2, 0) is 24.3 Å². The molecule has 28 heavy (non-hydrogen) atoms. The topological polar surface area (TPSA) is 119 Å². The molecule has 0 aliphatic carbocycles. The van der Waals surface area contributed by atoms with Gasteiger partial charge in [-0.3, -0.25) is 9.59 Å². The summed E-state index contributed by atoms with van der Waals surface area (Å²) in [6.45, 7) is 3.21. The molecule has 2 heterocycles. The van der Waals surface area contributed by atoms with E-state index in [2.05, 4.69) is 10.5 Å². The molecule has 1 aromatic heterocycles. The van der Waals surface area contributed by atoms with Crippen molar-refractivity contribution in [2.24, 2.45) is 0 Å². The van der Waals surface area contributed by atoms with Gasteiger partial charge in [0.1, 0.15) is 11.8 Å². The summed E-state index contributed by atoms with van der Waals surface area (Å²) in [4.78, 5) is 24.4. The van der Waals surface area contributed by atoms with E-state index in [1.807, 2.05) is 6.92 Å². The van der Waals surface area contributed by atoms with E-state index in [1.54, 1.807) is 19.1 Å². The molecule has 0 unspecified atom stereocenters. The Hall–Kier alpha value is -2.72. The predicted octanol–water partition coefficient (Wildman–Crippen LogP) is 1.63. The van der Waals surface area contributed by atoms with E-state index in [-0.39, 0.29) is 17.3 Å². The smallest absolute Gasteiger partial charge is 0.324 e. The van der Waals surface area contributed by atoms with Crippen LogP contribution in [0.1, 0.15) is 24.2 Å². The molecule has 1 fully saturated rings. The summed E-state index contributed by atoms with van der Waals surface area (Å²) in [5, 5.41) is 6.04. The number of hydrogen-bond donors (Lipinski definition) is 1. The number of amides is 1. The van der Waals surface area contributed by atoms with Gasteiger partial charge in [-0.05, 0) is 38.8 Å². The number of sulfonamides is 1. The van der Waals surface area contributed by atoms with Crippen molar-refractivity contribution < 1.29 is 27.3 Å². The molecule has 0 spiro atoms. The van der Waals surface area contributed by atoms with E-state index in [0.29, 0.717) is 18.6 Å². The molecule has 1 N–H and O–H groups in total. The number of hydrogen-bond acceptors (Lipinski definition) is 7. The Bertz CT molecular complexity index is 967. The molecule has 1 aliphatic heterocycles. The highest BCUT2D eigenvalue weighted by Gasteiger charge is 2.40. The highest BCUT2D eigenvalue weighted by molar-refractivity contribution is 7.89. The van der Waals surface area contributed by atoms with Crippen LogP contribution in [0.15, 0.2) is 39.8 Å². The molecule has 150 valence electrons. The lowest BCUT2D eigenvalue weighted by molar-refractivity contribution is -0.150. The third-order valence-electron chi connectivity index (χ3n) is 4.34. The second-order valence-corrected chi connectivity index (χ2v) is 8.46. The molecule has 1 atom stereocenters. The van der Waals surface area contributed by atoms with Crippen molar-refractivity contribution in [3.05, 3.63) is 41.7 Å². The van der Waals surface area contributed by atoms with Crippen LogP contribution >= 0.6 is 0 Å². The summed E-state index contributed by atoms with van der Waals surface area (Å²) in [6, 6.07) is 7.00. The van der Waals surface area contributed by atoms with Crippen LogP contribution in [-0.4, -0.2) is 48.9 Å². The number of anilines is 1. The van der Waals surface area contributed by atoms with Gasteiger partial charge in [0.05, 0.1) is 4.90 Å². The van der Waals surface area contributed by atoms with Crippen LogP contribution in [0.5, 0.6) is 0 Å². The quantitative estimate of drug-likeness (QED) is 0.723. The minimum atomic E-state index is -3.82. The maximum absolute atomic E-state index is 12.9. The number of rotatable bonds is 6.